The van der Waals surface area contributed by atoms with Gasteiger partial charge < -0.3 is 4.74 Å². The van der Waals surface area contributed by atoms with Gasteiger partial charge in [-0.2, -0.15) is 0 Å². The summed E-state index contributed by atoms with van der Waals surface area (Å²) >= 11 is 13.7. The lowest BCUT2D eigenvalue weighted by atomic mass is 10.2. The molecule has 6 heteroatoms. The van der Waals surface area contributed by atoms with E-state index in [0.717, 1.165) is 20.8 Å². The Kier molecular flexibility index (Phi) is 4.53. The molecule has 0 aliphatic heterocycles. The number of nitrogens with zero attached hydrogens (tertiary/aromatic N) is 1. The fourth-order valence-corrected chi connectivity index (χ4v) is 3.49. The van der Waals surface area contributed by atoms with Crippen molar-refractivity contribution in [2.24, 2.45) is 0 Å². The number of fused-ring (bicyclic) bond motifs is 1. The third-order valence-corrected chi connectivity index (χ3v) is 4.69. The van der Waals surface area contributed by atoms with Gasteiger partial charge in [0.15, 0.2) is 6.61 Å². The monoisotopic (exact) mass is 361 g/mol. The fraction of sp³-hybridized carbons (Fsp3) is 0.0588. The van der Waals surface area contributed by atoms with Gasteiger partial charge in [0, 0.05) is 10.6 Å². The van der Waals surface area contributed by atoms with E-state index in [1.54, 1.807) is 36.4 Å². The summed E-state index contributed by atoms with van der Waals surface area (Å²) in [5.74, 6) is 1.80. The lowest BCUT2D eigenvalue weighted by Crippen LogP contribution is -2.04. The predicted octanol–water partition coefficient (Wildman–Crippen LogP) is 5.06. The van der Waals surface area contributed by atoms with Gasteiger partial charge in [-0.1, -0.05) is 29.1 Å². The summed E-state index contributed by atoms with van der Waals surface area (Å²) in [6.07, 6.45) is 5.08. The SMILES string of the molecule is C#CCOC(=O)c1ccc2nc(-c3cc(Cl)ccc3Cl)sc2c1. The van der Waals surface area contributed by atoms with Gasteiger partial charge in [-0.15, -0.1) is 17.8 Å². The summed E-state index contributed by atoms with van der Waals surface area (Å²) < 4.78 is 5.78. The number of benzene rings is 2. The number of rotatable bonds is 3. The van der Waals surface area contributed by atoms with E-state index in [4.69, 9.17) is 34.4 Å². The minimum atomic E-state index is -0.458. The van der Waals surface area contributed by atoms with Gasteiger partial charge in [0.25, 0.3) is 0 Å². The maximum absolute atomic E-state index is 11.9. The van der Waals surface area contributed by atoms with Crippen molar-refractivity contribution < 1.29 is 9.53 Å². The van der Waals surface area contributed by atoms with Crippen molar-refractivity contribution in [3.8, 4) is 22.9 Å². The molecular formula is C17H9Cl2NO2S. The van der Waals surface area contributed by atoms with Crippen LogP contribution < -0.4 is 0 Å². The molecule has 114 valence electrons. The maximum atomic E-state index is 11.9. The van der Waals surface area contributed by atoms with E-state index < -0.39 is 5.97 Å². The van der Waals surface area contributed by atoms with Gasteiger partial charge in [-0.3, -0.25) is 0 Å². The number of aromatic nitrogens is 1. The highest BCUT2D eigenvalue weighted by Crippen LogP contribution is 2.36. The number of terminal acetylenes is 1. The molecule has 0 saturated carbocycles. The normalized spacial score (nSPS) is 10.5. The Bertz CT molecular complexity index is 943. The molecule has 3 rings (SSSR count). The molecule has 0 saturated heterocycles. The van der Waals surface area contributed by atoms with Crippen LogP contribution in [0.4, 0.5) is 0 Å². The third kappa shape index (κ3) is 3.32. The van der Waals surface area contributed by atoms with Crippen molar-refractivity contribution in [3.05, 3.63) is 52.0 Å². The van der Waals surface area contributed by atoms with E-state index in [2.05, 4.69) is 10.9 Å². The summed E-state index contributed by atoms with van der Waals surface area (Å²) in [5.41, 5.74) is 1.96. The molecule has 0 aliphatic rings. The molecule has 1 aromatic heterocycles. The Morgan fingerprint density at radius 2 is 2.09 bits per heavy atom. The van der Waals surface area contributed by atoms with Gasteiger partial charge in [-0.25, -0.2) is 9.78 Å². The van der Waals surface area contributed by atoms with Crippen molar-refractivity contribution in [1.82, 2.24) is 4.98 Å². The number of hydrogen-bond acceptors (Lipinski definition) is 4. The van der Waals surface area contributed by atoms with Crippen molar-refractivity contribution in [2.45, 2.75) is 0 Å². The van der Waals surface area contributed by atoms with Crippen LogP contribution >= 0.6 is 34.5 Å². The van der Waals surface area contributed by atoms with E-state index in [1.807, 2.05) is 0 Å². The zero-order chi connectivity index (χ0) is 16.4. The first-order valence-corrected chi connectivity index (χ1v) is 8.12. The standard InChI is InChI=1S/C17H9Cl2NO2S/c1-2-7-22-17(21)10-3-6-14-15(8-10)23-16(20-14)12-9-11(18)4-5-13(12)19/h1,3-6,8-9H,7H2. The summed E-state index contributed by atoms with van der Waals surface area (Å²) in [6.45, 7) is -0.0526. The van der Waals surface area contributed by atoms with Crippen LogP contribution in [-0.4, -0.2) is 17.6 Å². The smallest absolute Gasteiger partial charge is 0.339 e. The zero-order valence-corrected chi connectivity index (χ0v) is 14.0. The average Bonchev–Trinajstić information content (AvgIpc) is 2.97. The Labute approximate surface area is 146 Å². The maximum Gasteiger partial charge on any atom is 0.339 e. The van der Waals surface area contributed by atoms with Gasteiger partial charge in [0.1, 0.15) is 5.01 Å². The number of esters is 1. The molecule has 0 aliphatic carbocycles. The molecule has 1 heterocycles. The van der Waals surface area contributed by atoms with Gasteiger partial charge >= 0.3 is 5.97 Å². The number of carbonyl (C=O) groups excluding carboxylic acids is 1. The summed E-state index contributed by atoms with van der Waals surface area (Å²) in [6, 6.07) is 10.4. The van der Waals surface area contributed by atoms with Crippen molar-refractivity contribution in [1.29, 1.82) is 0 Å². The van der Waals surface area contributed by atoms with Crippen molar-refractivity contribution >= 4 is 50.7 Å². The number of ether oxygens (including phenoxy) is 1. The molecule has 3 aromatic rings. The van der Waals surface area contributed by atoms with E-state index >= 15 is 0 Å². The van der Waals surface area contributed by atoms with Crippen molar-refractivity contribution in [3.63, 3.8) is 0 Å². The molecule has 0 atom stereocenters. The molecule has 2 aromatic carbocycles. The lowest BCUT2D eigenvalue weighted by molar-refractivity contribution is 0.0557. The molecule has 0 fully saturated rings. The summed E-state index contributed by atoms with van der Waals surface area (Å²) in [5, 5.41) is 1.89. The van der Waals surface area contributed by atoms with Crippen LogP contribution in [0.25, 0.3) is 20.8 Å². The van der Waals surface area contributed by atoms with E-state index in [0.29, 0.717) is 15.6 Å². The van der Waals surface area contributed by atoms with Crippen LogP contribution in [0, 0.1) is 12.3 Å². The number of thiazole rings is 1. The van der Waals surface area contributed by atoms with E-state index in [1.165, 1.54) is 11.3 Å². The molecule has 0 bridgehead atoms. The van der Waals surface area contributed by atoms with Crippen LogP contribution in [0.3, 0.4) is 0 Å². The van der Waals surface area contributed by atoms with E-state index in [-0.39, 0.29) is 6.61 Å². The summed E-state index contributed by atoms with van der Waals surface area (Å²) in [7, 11) is 0. The van der Waals surface area contributed by atoms with Crippen LogP contribution in [-0.2, 0) is 4.74 Å². The highest BCUT2D eigenvalue weighted by Gasteiger charge is 2.13. The predicted molar refractivity (Wildman–Crippen MR) is 94.2 cm³/mol. The van der Waals surface area contributed by atoms with Gasteiger partial charge in [0.2, 0.25) is 0 Å². The first kappa shape index (κ1) is 15.8. The van der Waals surface area contributed by atoms with Crippen LogP contribution in [0.2, 0.25) is 10.0 Å². The van der Waals surface area contributed by atoms with Crippen molar-refractivity contribution in [2.75, 3.05) is 6.61 Å². The second-order valence-corrected chi connectivity index (χ2v) is 6.48. The van der Waals surface area contributed by atoms with Crippen LogP contribution in [0.15, 0.2) is 36.4 Å². The Balaban J connectivity index is 2.01. The van der Waals surface area contributed by atoms with Gasteiger partial charge in [0.05, 0.1) is 20.8 Å². The first-order chi connectivity index (χ1) is 11.1. The molecule has 0 spiro atoms. The minimum absolute atomic E-state index is 0.0526. The second-order valence-electron chi connectivity index (χ2n) is 4.61. The Morgan fingerprint density at radius 3 is 2.87 bits per heavy atom. The third-order valence-electron chi connectivity index (χ3n) is 3.07. The average molecular weight is 362 g/mol. The quantitative estimate of drug-likeness (QED) is 0.483. The molecule has 0 N–H and O–H groups in total. The highest BCUT2D eigenvalue weighted by atomic mass is 35.5. The molecular weight excluding hydrogens is 353 g/mol. The Morgan fingerprint density at radius 1 is 1.26 bits per heavy atom. The Hall–Kier alpha value is -2.06. The summed E-state index contributed by atoms with van der Waals surface area (Å²) in [4.78, 5) is 16.4. The molecule has 23 heavy (non-hydrogen) atoms. The molecule has 0 amide bonds. The molecule has 0 radical (unpaired) electrons. The highest BCUT2D eigenvalue weighted by molar-refractivity contribution is 7.21. The second kappa shape index (κ2) is 6.59. The fourth-order valence-electron chi connectivity index (χ4n) is 2.02. The lowest BCUT2D eigenvalue weighted by Gasteiger charge is -2.00. The molecule has 3 nitrogen and oxygen atoms in total. The molecule has 0 unspecified atom stereocenters. The number of hydrogen-bond donors (Lipinski definition) is 0. The number of carbonyl (C=O) groups is 1. The topological polar surface area (TPSA) is 39.2 Å². The first-order valence-electron chi connectivity index (χ1n) is 6.55. The van der Waals surface area contributed by atoms with Gasteiger partial charge in [-0.05, 0) is 36.4 Å². The van der Waals surface area contributed by atoms with Crippen LogP contribution in [0.1, 0.15) is 10.4 Å². The number of halogens is 2. The largest absolute Gasteiger partial charge is 0.449 e. The van der Waals surface area contributed by atoms with E-state index in [9.17, 15) is 4.79 Å². The van der Waals surface area contributed by atoms with Crippen LogP contribution in [0.5, 0.6) is 0 Å². The minimum Gasteiger partial charge on any atom is -0.449 e. The zero-order valence-electron chi connectivity index (χ0n) is 11.7.